The van der Waals surface area contributed by atoms with Crippen molar-refractivity contribution in [3.05, 3.63) is 66.2 Å². The van der Waals surface area contributed by atoms with Gasteiger partial charge in [0.2, 0.25) is 22.9 Å². The van der Waals surface area contributed by atoms with Gasteiger partial charge in [0.25, 0.3) is 0 Å². The average Bonchev–Trinajstić information content (AvgIpc) is 3.16. The third-order valence-corrected chi connectivity index (χ3v) is 4.11. The first kappa shape index (κ1) is 18.5. The van der Waals surface area contributed by atoms with Crippen LogP contribution in [0.5, 0.6) is 11.6 Å². The number of hydrogen-bond donors (Lipinski definition) is 2. The Morgan fingerprint density at radius 2 is 2.03 bits per heavy atom. The van der Waals surface area contributed by atoms with E-state index >= 15 is 0 Å². The van der Waals surface area contributed by atoms with Crippen molar-refractivity contribution < 1.29 is 9.26 Å². The van der Waals surface area contributed by atoms with Gasteiger partial charge in [-0.3, -0.25) is 15.8 Å². The van der Waals surface area contributed by atoms with Crippen molar-refractivity contribution in [1.82, 2.24) is 24.9 Å². The van der Waals surface area contributed by atoms with E-state index in [4.69, 9.17) is 31.7 Å². The first-order valence-electron chi connectivity index (χ1n) is 8.43. The smallest absolute Gasteiger partial charge is 0.237 e. The van der Waals surface area contributed by atoms with Crippen LogP contribution in [-0.2, 0) is 0 Å². The number of benzene rings is 1. The van der Waals surface area contributed by atoms with E-state index in [2.05, 4.69) is 20.2 Å². The summed E-state index contributed by atoms with van der Waals surface area (Å²) in [5, 5.41) is 22.9. The first-order chi connectivity index (χ1) is 14.0. The van der Waals surface area contributed by atoms with E-state index in [1.54, 1.807) is 25.4 Å². The normalized spacial score (nSPS) is 10.7. The highest BCUT2D eigenvalue weighted by Crippen LogP contribution is 2.35. The topological polar surface area (TPSA) is 127 Å². The molecule has 0 radical (unpaired) electrons. The van der Waals surface area contributed by atoms with Crippen LogP contribution in [0.15, 0.2) is 59.4 Å². The fourth-order valence-electron chi connectivity index (χ4n) is 2.65. The molecule has 0 fully saturated rings. The molecule has 9 nitrogen and oxygen atoms in total. The summed E-state index contributed by atoms with van der Waals surface area (Å²) >= 11 is 5.69. The van der Waals surface area contributed by atoms with Crippen LogP contribution < -0.4 is 10.2 Å². The molecular formula is C19H14ClN7O2. The molecule has 0 aliphatic carbocycles. The molecule has 3 aromatic heterocycles. The minimum absolute atomic E-state index is 0.0409. The summed E-state index contributed by atoms with van der Waals surface area (Å²) in [7, 11) is 0. The number of aromatic nitrogens is 5. The number of ether oxygens (including phenoxy) is 1. The molecule has 3 heterocycles. The Morgan fingerprint density at radius 1 is 1.17 bits per heavy atom. The molecular weight excluding hydrogens is 394 g/mol. The first-order valence-corrected chi connectivity index (χ1v) is 8.81. The maximum atomic E-state index is 7.79. The summed E-state index contributed by atoms with van der Waals surface area (Å²) in [5.74, 6) is 1.51. The van der Waals surface area contributed by atoms with E-state index in [1.807, 2.05) is 24.3 Å². The molecule has 0 amide bonds. The van der Waals surface area contributed by atoms with Crippen LogP contribution in [-0.4, -0.2) is 30.2 Å². The molecule has 0 aliphatic rings. The molecule has 0 saturated heterocycles. The van der Waals surface area contributed by atoms with Gasteiger partial charge in [-0.1, -0.05) is 17.3 Å². The SMILES string of the molecule is Cc1nc(-c2ccc(-c3cccnc3)c(Oc3ccc(=N)n(C(=N)Cl)n3)c2)no1. The van der Waals surface area contributed by atoms with E-state index in [-0.39, 0.29) is 11.4 Å². The zero-order chi connectivity index (χ0) is 20.4. The number of nitrogens with one attached hydrogen (secondary N) is 2. The van der Waals surface area contributed by atoms with Gasteiger partial charge >= 0.3 is 0 Å². The molecule has 0 aliphatic heterocycles. The fourth-order valence-corrected chi connectivity index (χ4v) is 2.78. The molecule has 0 unspecified atom stereocenters. The highest BCUT2D eigenvalue weighted by atomic mass is 35.5. The van der Waals surface area contributed by atoms with Crippen LogP contribution >= 0.6 is 11.6 Å². The van der Waals surface area contributed by atoms with Crippen molar-refractivity contribution in [2.75, 3.05) is 0 Å². The van der Waals surface area contributed by atoms with Crippen molar-refractivity contribution in [2.45, 2.75) is 6.92 Å². The van der Waals surface area contributed by atoms with Crippen molar-refractivity contribution in [2.24, 2.45) is 0 Å². The highest BCUT2D eigenvalue weighted by molar-refractivity contribution is 6.64. The number of rotatable bonds is 4. The number of hydrogen-bond acceptors (Lipinski definition) is 8. The standard InChI is InChI=1S/C19H14ClN7O2/c1-11-24-18(26-29-11)12-4-5-14(13-3-2-8-23-10-13)15(9-12)28-17-7-6-16(21)27(25-17)19(20)22/h2-10,21-22H,1H3. The van der Waals surface area contributed by atoms with E-state index in [9.17, 15) is 0 Å². The minimum Gasteiger partial charge on any atom is -0.437 e. The third-order valence-electron chi connectivity index (χ3n) is 3.95. The van der Waals surface area contributed by atoms with Crippen LogP contribution in [0.25, 0.3) is 22.5 Å². The Labute approximate surface area is 169 Å². The molecule has 29 heavy (non-hydrogen) atoms. The zero-order valence-electron chi connectivity index (χ0n) is 15.1. The van der Waals surface area contributed by atoms with Crippen molar-refractivity contribution in [3.8, 4) is 34.1 Å². The van der Waals surface area contributed by atoms with Crippen LogP contribution in [0.2, 0.25) is 0 Å². The zero-order valence-corrected chi connectivity index (χ0v) is 15.9. The molecule has 0 bridgehead atoms. The Bertz CT molecular complexity index is 1250. The number of nitrogens with zero attached hydrogens (tertiary/aromatic N) is 5. The number of aryl methyl sites for hydroxylation is 1. The summed E-state index contributed by atoms with van der Waals surface area (Å²) in [6.07, 6.45) is 3.40. The van der Waals surface area contributed by atoms with Crippen molar-refractivity contribution in [1.29, 1.82) is 10.8 Å². The second-order valence-electron chi connectivity index (χ2n) is 5.95. The van der Waals surface area contributed by atoms with Gasteiger partial charge in [-0.25, -0.2) is 0 Å². The van der Waals surface area contributed by atoms with E-state index < -0.39 is 5.29 Å². The Balaban J connectivity index is 1.82. The number of halogens is 1. The fraction of sp³-hybridized carbons (Fsp3) is 0.0526. The molecule has 4 rings (SSSR count). The predicted molar refractivity (Wildman–Crippen MR) is 105 cm³/mol. The molecule has 10 heteroatoms. The predicted octanol–water partition coefficient (Wildman–Crippen LogP) is 3.60. The quantitative estimate of drug-likeness (QED) is 0.393. The Hall–Kier alpha value is -3.85. The molecule has 0 atom stereocenters. The summed E-state index contributed by atoms with van der Waals surface area (Å²) in [6, 6.07) is 12.2. The van der Waals surface area contributed by atoms with E-state index in [1.165, 1.54) is 12.1 Å². The summed E-state index contributed by atoms with van der Waals surface area (Å²) < 4.78 is 12.0. The van der Waals surface area contributed by atoms with Gasteiger partial charge in [0.1, 0.15) is 11.2 Å². The molecule has 0 saturated carbocycles. The lowest BCUT2D eigenvalue weighted by Gasteiger charge is -2.12. The maximum Gasteiger partial charge on any atom is 0.237 e. The second kappa shape index (κ2) is 7.64. The molecule has 0 spiro atoms. The van der Waals surface area contributed by atoms with Gasteiger partial charge in [0, 0.05) is 42.1 Å². The largest absolute Gasteiger partial charge is 0.437 e. The number of pyridine rings is 1. The summed E-state index contributed by atoms with van der Waals surface area (Å²) in [4.78, 5) is 8.40. The van der Waals surface area contributed by atoms with Gasteiger partial charge in [-0.05, 0) is 35.9 Å². The molecule has 1 aromatic carbocycles. The van der Waals surface area contributed by atoms with E-state index in [0.717, 1.165) is 15.8 Å². The van der Waals surface area contributed by atoms with Gasteiger partial charge < -0.3 is 9.26 Å². The monoisotopic (exact) mass is 407 g/mol. The molecule has 144 valence electrons. The van der Waals surface area contributed by atoms with Crippen molar-refractivity contribution >= 4 is 16.9 Å². The van der Waals surface area contributed by atoms with Crippen LogP contribution in [0.4, 0.5) is 0 Å². The van der Waals surface area contributed by atoms with Crippen LogP contribution in [0.1, 0.15) is 5.89 Å². The van der Waals surface area contributed by atoms with E-state index in [0.29, 0.717) is 23.0 Å². The third kappa shape index (κ3) is 3.90. The van der Waals surface area contributed by atoms with Gasteiger partial charge in [0.15, 0.2) is 0 Å². The maximum absolute atomic E-state index is 7.79. The van der Waals surface area contributed by atoms with Gasteiger partial charge in [-0.2, -0.15) is 9.67 Å². The lowest BCUT2D eigenvalue weighted by molar-refractivity contribution is 0.394. The lowest BCUT2D eigenvalue weighted by Crippen LogP contribution is -2.25. The van der Waals surface area contributed by atoms with Crippen molar-refractivity contribution in [3.63, 3.8) is 0 Å². The van der Waals surface area contributed by atoms with Gasteiger partial charge in [0.05, 0.1) is 0 Å². The Morgan fingerprint density at radius 3 is 2.72 bits per heavy atom. The summed E-state index contributed by atoms with van der Waals surface area (Å²) in [5.41, 5.74) is 2.26. The molecule has 2 N–H and O–H groups in total. The summed E-state index contributed by atoms with van der Waals surface area (Å²) in [6.45, 7) is 1.71. The molecule has 4 aromatic rings. The van der Waals surface area contributed by atoms with Crippen LogP contribution in [0, 0.1) is 17.7 Å². The second-order valence-corrected chi connectivity index (χ2v) is 6.31. The Kier molecular flexibility index (Phi) is 4.88. The average molecular weight is 408 g/mol. The minimum atomic E-state index is -0.413. The lowest BCUT2D eigenvalue weighted by atomic mass is 10.0. The highest BCUT2D eigenvalue weighted by Gasteiger charge is 2.14. The van der Waals surface area contributed by atoms with Crippen LogP contribution in [0.3, 0.4) is 0 Å². The van der Waals surface area contributed by atoms with Gasteiger partial charge in [-0.15, -0.1) is 5.10 Å².